The first-order valence-corrected chi connectivity index (χ1v) is 6.22. The third kappa shape index (κ3) is 3.01. The molecule has 0 bridgehead atoms. The fraction of sp³-hybridized carbons (Fsp3) is 0.400. The zero-order valence-electron chi connectivity index (χ0n) is 9.18. The van der Waals surface area contributed by atoms with Gasteiger partial charge in [0, 0.05) is 0 Å². The van der Waals surface area contributed by atoms with Gasteiger partial charge in [-0.05, 0) is 12.1 Å². The van der Waals surface area contributed by atoms with E-state index in [1.54, 1.807) is 0 Å². The molecule has 0 saturated carbocycles. The third-order valence-corrected chi connectivity index (χ3v) is 4.01. The summed E-state index contributed by atoms with van der Waals surface area (Å²) in [7, 11) is -2.35. The minimum Gasteiger partial charge on any atom is -0.328 e. The molecule has 1 aliphatic heterocycles. The van der Waals surface area contributed by atoms with Crippen molar-refractivity contribution >= 4 is 13.7 Å². The van der Waals surface area contributed by atoms with Gasteiger partial charge in [-0.15, -0.1) is 0 Å². The van der Waals surface area contributed by atoms with Gasteiger partial charge < -0.3 is 9.05 Å². The lowest BCUT2D eigenvalue weighted by atomic mass is 10.1. The summed E-state index contributed by atoms with van der Waals surface area (Å²) < 4.78 is 86.5. The molecule has 1 heterocycles. The molecule has 1 saturated heterocycles. The summed E-state index contributed by atoms with van der Waals surface area (Å²) >= 11 is 0. The van der Waals surface area contributed by atoms with Crippen LogP contribution in [-0.2, 0) is 21.4 Å². The van der Waals surface area contributed by atoms with Crippen LogP contribution in [0, 0.1) is 0 Å². The van der Waals surface area contributed by atoms with Crippen LogP contribution in [0.3, 0.4) is 0 Å². The largest absolute Gasteiger partial charge is 0.417 e. The summed E-state index contributed by atoms with van der Waals surface area (Å²) in [6.45, 7) is -0.0373. The molecule has 106 valence electrons. The van der Waals surface area contributed by atoms with E-state index in [1.807, 2.05) is 0 Å². The number of alkyl halides is 6. The number of rotatable bonds is 1. The number of halogens is 6. The van der Waals surface area contributed by atoms with E-state index in [-0.39, 0.29) is 13.2 Å². The Kier molecular flexibility index (Phi) is 3.77. The lowest BCUT2D eigenvalue weighted by molar-refractivity contribution is -0.141. The van der Waals surface area contributed by atoms with E-state index in [9.17, 15) is 26.3 Å². The molecule has 1 fully saturated rings. The van der Waals surface area contributed by atoms with E-state index in [4.69, 9.17) is 9.05 Å². The zero-order chi connectivity index (χ0) is 14.3. The van der Waals surface area contributed by atoms with Gasteiger partial charge in [0.2, 0.25) is 8.38 Å². The second-order valence-electron chi connectivity index (χ2n) is 3.62. The predicted molar refractivity (Wildman–Crippen MR) is 54.9 cm³/mol. The maximum absolute atomic E-state index is 12.8. The number of hydrogen-bond donors (Lipinski definition) is 0. The van der Waals surface area contributed by atoms with Gasteiger partial charge in [0.1, 0.15) is 0 Å². The maximum atomic E-state index is 12.8. The van der Waals surface area contributed by atoms with Gasteiger partial charge in [-0.25, -0.2) is 0 Å². The molecule has 2 rings (SSSR count). The normalized spacial score (nSPS) is 18.0. The second kappa shape index (κ2) is 4.92. The molecule has 0 N–H and O–H groups in total. The monoisotopic (exact) mass is 304 g/mol. The van der Waals surface area contributed by atoms with Crippen LogP contribution in [0.2, 0.25) is 0 Å². The van der Waals surface area contributed by atoms with Crippen molar-refractivity contribution in [2.75, 3.05) is 13.2 Å². The Hall–Kier alpha value is -0.850. The highest BCUT2D eigenvalue weighted by Crippen LogP contribution is 2.48. The minimum absolute atomic E-state index is 0.0187. The summed E-state index contributed by atoms with van der Waals surface area (Å²) in [5.74, 6) is 0. The highest BCUT2D eigenvalue weighted by atomic mass is 31.2. The van der Waals surface area contributed by atoms with Crippen LogP contribution < -0.4 is 5.30 Å². The Balaban J connectivity index is 2.62. The van der Waals surface area contributed by atoms with Crippen LogP contribution in [0.25, 0.3) is 0 Å². The van der Waals surface area contributed by atoms with Crippen molar-refractivity contribution in [2.45, 2.75) is 12.4 Å². The minimum atomic E-state index is -4.89. The average Bonchev–Trinajstić information content (AvgIpc) is 2.78. The van der Waals surface area contributed by atoms with E-state index in [1.165, 1.54) is 0 Å². The van der Waals surface area contributed by atoms with Gasteiger partial charge >= 0.3 is 12.4 Å². The van der Waals surface area contributed by atoms with Crippen molar-refractivity contribution in [3.63, 3.8) is 0 Å². The van der Waals surface area contributed by atoms with Crippen molar-refractivity contribution in [3.8, 4) is 0 Å². The molecule has 0 unspecified atom stereocenters. The Morgan fingerprint density at radius 2 is 1.26 bits per heavy atom. The van der Waals surface area contributed by atoms with E-state index >= 15 is 0 Å². The van der Waals surface area contributed by atoms with Crippen LogP contribution in [0.4, 0.5) is 26.3 Å². The molecular weight excluding hydrogens is 297 g/mol. The lowest BCUT2D eigenvalue weighted by Gasteiger charge is -2.20. The Labute approximate surface area is 105 Å². The standard InChI is InChI=1S/C10H7F6O2P/c11-9(12,13)6-2-1-3-7(10(14,15)16)8(6)19-17-4-5-18-19/h1-3H,4-5H2. The fourth-order valence-corrected chi connectivity index (χ4v) is 3.21. The highest BCUT2D eigenvalue weighted by molar-refractivity contribution is 7.56. The molecule has 1 aliphatic rings. The van der Waals surface area contributed by atoms with E-state index in [2.05, 4.69) is 0 Å². The number of benzene rings is 1. The van der Waals surface area contributed by atoms with Crippen molar-refractivity contribution in [1.29, 1.82) is 0 Å². The van der Waals surface area contributed by atoms with Crippen molar-refractivity contribution in [1.82, 2.24) is 0 Å². The molecule has 2 nitrogen and oxygen atoms in total. The summed E-state index contributed by atoms with van der Waals surface area (Å²) in [5.41, 5.74) is -2.73. The molecule has 0 spiro atoms. The van der Waals surface area contributed by atoms with Crippen molar-refractivity contribution in [2.24, 2.45) is 0 Å². The number of hydrogen-bond acceptors (Lipinski definition) is 2. The van der Waals surface area contributed by atoms with Gasteiger partial charge in [0.25, 0.3) is 0 Å². The zero-order valence-corrected chi connectivity index (χ0v) is 10.1. The molecule has 1 aromatic rings. The van der Waals surface area contributed by atoms with Gasteiger partial charge in [0.15, 0.2) is 0 Å². The Morgan fingerprint density at radius 3 is 1.63 bits per heavy atom. The lowest BCUT2D eigenvalue weighted by Crippen LogP contribution is -2.26. The predicted octanol–water partition coefficient (Wildman–Crippen LogP) is 3.71. The topological polar surface area (TPSA) is 18.5 Å². The summed E-state index contributed by atoms with van der Waals surface area (Å²) in [5, 5.41) is -0.949. The van der Waals surface area contributed by atoms with Crippen LogP contribution in [-0.4, -0.2) is 13.2 Å². The van der Waals surface area contributed by atoms with E-state index in [0.29, 0.717) is 12.1 Å². The molecule has 0 amide bonds. The molecular formula is C10H7F6O2P. The third-order valence-electron chi connectivity index (χ3n) is 2.33. The molecule has 0 radical (unpaired) electrons. The summed E-state index contributed by atoms with van der Waals surface area (Å²) in [6, 6.07) is 1.91. The summed E-state index contributed by atoms with van der Waals surface area (Å²) in [6.07, 6.45) is -9.79. The maximum Gasteiger partial charge on any atom is 0.417 e. The van der Waals surface area contributed by atoms with E-state index in [0.717, 1.165) is 6.07 Å². The first kappa shape index (κ1) is 14.6. The van der Waals surface area contributed by atoms with Crippen LogP contribution >= 0.6 is 8.38 Å². The molecule has 9 heteroatoms. The molecule has 0 aromatic heterocycles. The molecule has 0 atom stereocenters. The Morgan fingerprint density at radius 1 is 0.842 bits per heavy atom. The van der Waals surface area contributed by atoms with Crippen molar-refractivity contribution in [3.05, 3.63) is 29.3 Å². The van der Waals surface area contributed by atoms with E-state index < -0.39 is 37.2 Å². The smallest absolute Gasteiger partial charge is 0.328 e. The molecule has 0 aliphatic carbocycles. The highest BCUT2D eigenvalue weighted by Gasteiger charge is 2.44. The van der Waals surface area contributed by atoms with Gasteiger partial charge in [-0.3, -0.25) is 0 Å². The van der Waals surface area contributed by atoms with Crippen molar-refractivity contribution < 1.29 is 35.4 Å². The summed E-state index contributed by atoms with van der Waals surface area (Å²) in [4.78, 5) is 0. The first-order valence-electron chi connectivity index (χ1n) is 5.04. The van der Waals surface area contributed by atoms with Gasteiger partial charge in [0.05, 0.1) is 29.6 Å². The van der Waals surface area contributed by atoms with Crippen LogP contribution in [0.1, 0.15) is 11.1 Å². The SMILES string of the molecule is FC(F)(F)c1cccc(C(F)(F)F)c1P1OCCO1. The molecule has 1 aromatic carbocycles. The first-order chi connectivity index (χ1) is 8.71. The van der Waals surface area contributed by atoms with Crippen LogP contribution in [0.15, 0.2) is 18.2 Å². The second-order valence-corrected chi connectivity index (χ2v) is 5.10. The fourth-order valence-electron chi connectivity index (χ4n) is 1.60. The van der Waals surface area contributed by atoms with Crippen LogP contribution in [0.5, 0.6) is 0 Å². The Bertz CT molecular complexity index is 432. The van der Waals surface area contributed by atoms with Gasteiger partial charge in [-0.2, -0.15) is 26.3 Å². The average molecular weight is 304 g/mol. The molecule has 19 heavy (non-hydrogen) atoms. The quantitative estimate of drug-likeness (QED) is 0.582. The van der Waals surface area contributed by atoms with Gasteiger partial charge in [-0.1, -0.05) is 6.07 Å².